The predicted molar refractivity (Wildman–Crippen MR) is 165 cm³/mol. The number of allylic oxidation sites excluding steroid dienone is 2. The first-order valence-corrected chi connectivity index (χ1v) is 15.6. The normalized spacial score (nSPS) is 19.6. The van der Waals surface area contributed by atoms with Gasteiger partial charge >= 0.3 is 0 Å². The highest BCUT2D eigenvalue weighted by molar-refractivity contribution is 8.11. The summed E-state index contributed by atoms with van der Waals surface area (Å²) in [6.45, 7) is 12.2. The van der Waals surface area contributed by atoms with Crippen molar-refractivity contribution in [3.63, 3.8) is 0 Å². The lowest BCUT2D eigenvalue weighted by Crippen LogP contribution is -2.38. The van der Waals surface area contributed by atoms with Crippen LogP contribution >= 0.6 is 11.8 Å². The summed E-state index contributed by atoms with van der Waals surface area (Å²) < 4.78 is 22.6. The first-order valence-electron chi connectivity index (χ1n) is 13.5. The number of thioether (sulfide) groups is 1. The molecule has 2 atom stereocenters. The highest BCUT2D eigenvalue weighted by Crippen LogP contribution is 2.45. The summed E-state index contributed by atoms with van der Waals surface area (Å²) in [4.78, 5) is 11.1. The lowest BCUT2D eigenvalue weighted by atomic mass is 10.1. The average molecular weight is 564 g/mol. The minimum absolute atomic E-state index is 0.208. The van der Waals surface area contributed by atoms with E-state index in [1.165, 1.54) is 0 Å². The van der Waals surface area contributed by atoms with Crippen LogP contribution in [-0.2, 0) is 11.0 Å². The third-order valence-corrected chi connectivity index (χ3v) is 9.52. The van der Waals surface area contributed by atoms with E-state index in [0.717, 1.165) is 82.2 Å². The molecular weight excluding hydrogens is 526 g/mol. The van der Waals surface area contributed by atoms with Gasteiger partial charge in [0.2, 0.25) is 5.95 Å². The molecule has 1 aliphatic carbocycles. The molecule has 3 aromatic rings. The number of piperidine rings is 1. The molecule has 0 amide bonds. The van der Waals surface area contributed by atoms with E-state index in [9.17, 15) is 4.21 Å². The molecule has 206 valence electrons. The van der Waals surface area contributed by atoms with Crippen LogP contribution in [0.5, 0.6) is 5.75 Å². The Labute approximate surface area is 237 Å². The summed E-state index contributed by atoms with van der Waals surface area (Å²) >= 11 is 1.54. The molecule has 0 radical (unpaired) electrons. The number of hydrogen-bond acceptors (Lipinski definition) is 7. The second kappa shape index (κ2) is 12.1. The summed E-state index contributed by atoms with van der Waals surface area (Å²) in [5, 5.41) is 8.81. The number of benzene rings is 2. The second-order valence-electron chi connectivity index (χ2n) is 10.8. The Bertz CT molecular complexity index is 1410. The van der Waals surface area contributed by atoms with Gasteiger partial charge in [-0.15, -0.1) is 0 Å². The number of fused-ring (bicyclic) bond motifs is 1. The highest BCUT2D eigenvalue weighted by Gasteiger charge is 2.39. The molecule has 1 aromatic heterocycles. The van der Waals surface area contributed by atoms with Crippen LogP contribution in [0.2, 0.25) is 0 Å². The topological polar surface area (TPSA) is 88.2 Å². The van der Waals surface area contributed by atoms with Gasteiger partial charge in [0.25, 0.3) is 0 Å². The molecule has 1 saturated heterocycles. The molecule has 5 rings (SSSR count). The van der Waals surface area contributed by atoms with Crippen LogP contribution in [0.1, 0.15) is 52.1 Å². The van der Waals surface area contributed by atoms with Gasteiger partial charge in [0.05, 0.1) is 16.3 Å². The smallest absolute Gasteiger partial charge is 0.223 e. The van der Waals surface area contributed by atoms with Gasteiger partial charge in [-0.1, -0.05) is 49.5 Å². The monoisotopic (exact) mass is 563 g/mol. The van der Waals surface area contributed by atoms with E-state index in [1.807, 2.05) is 56.3 Å². The zero-order valence-electron chi connectivity index (χ0n) is 22.9. The molecule has 2 fully saturated rings. The van der Waals surface area contributed by atoms with Gasteiger partial charge in [0.1, 0.15) is 22.5 Å². The fourth-order valence-corrected chi connectivity index (χ4v) is 6.85. The first-order chi connectivity index (χ1) is 18.8. The minimum Gasteiger partial charge on any atom is -0.460 e. The quantitative estimate of drug-likeness (QED) is 0.224. The van der Waals surface area contributed by atoms with Gasteiger partial charge < -0.3 is 20.1 Å². The maximum absolute atomic E-state index is 12.8. The van der Waals surface area contributed by atoms with Crippen molar-refractivity contribution in [1.29, 1.82) is 0 Å². The molecule has 0 bridgehead atoms. The first kappa shape index (κ1) is 27.7. The van der Waals surface area contributed by atoms with E-state index in [2.05, 4.69) is 33.8 Å². The number of rotatable bonds is 11. The van der Waals surface area contributed by atoms with Gasteiger partial charge in [-0.2, -0.15) is 0 Å². The van der Waals surface area contributed by atoms with E-state index >= 15 is 0 Å². The van der Waals surface area contributed by atoms with Crippen LogP contribution in [-0.4, -0.2) is 39.1 Å². The van der Waals surface area contributed by atoms with Crippen molar-refractivity contribution in [2.24, 2.45) is 5.41 Å². The molecular formula is C30H37N5O2S2. The molecule has 1 aliphatic heterocycles. The fourth-order valence-electron chi connectivity index (χ4n) is 4.68. The fraction of sp³-hybridized carbons (Fsp3) is 0.400. The number of hydrogen-bond donors (Lipinski definition) is 3. The average Bonchev–Trinajstić information content (AvgIpc) is 3.65. The summed E-state index contributed by atoms with van der Waals surface area (Å²) in [5.74, 6) is 2.73. The Balaban J connectivity index is 1.42. The largest absolute Gasteiger partial charge is 0.460 e. The molecule has 1 saturated carbocycles. The summed E-state index contributed by atoms with van der Waals surface area (Å²) in [7, 11) is -1.13. The number of nitrogens with zero attached hydrogens (tertiary/aromatic N) is 2. The van der Waals surface area contributed by atoms with Crippen molar-refractivity contribution in [2.75, 3.05) is 28.9 Å². The third-order valence-electron chi connectivity index (χ3n) is 7.07. The lowest BCUT2D eigenvalue weighted by molar-refractivity contribution is 0.437. The van der Waals surface area contributed by atoms with E-state index < -0.39 is 11.0 Å². The molecule has 3 N–H and O–H groups in total. The van der Waals surface area contributed by atoms with Crippen LogP contribution in [0.3, 0.4) is 0 Å². The summed E-state index contributed by atoms with van der Waals surface area (Å²) in [6.07, 6.45) is 6.30. The van der Waals surface area contributed by atoms with Crippen LogP contribution in [0, 0.1) is 5.41 Å². The summed E-state index contributed by atoms with van der Waals surface area (Å²) in [5.41, 5.74) is 1.84. The zero-order chi connectivity index (χ0) is 27.4. The predicted octanol–water partition coefficient (Wildman–Crippen LogP) is 6.70. The lowest BCUT2D eigenvalue weighted by Gasteiger charge is -2.24. The van der Waals surface area contributed by atoms with Crippen LogP contribution < -0.4 is 20.1 Å². The van der Waals surface area contributed by atoms with E-state index in [4.69, 9.17) is 9.72 Å². The van der Waals surface area contributed by atoms with E-state index in [0.29, 0.717) is 17.7 Å². The van der Waals surface area contributed by atoms with Crippen LogP contribution in [0.4, 0.5) is 11.6 Å². The number of nitrogens with one attached hydrogen (secondary N) is 3. The number of aromatic nitrogens is 2. The van der Waals surface area contributed by atoms with Gasteiger partial charge in [-0.25, -0.2) is 14.2 Å². The van der Waals surface area contributed by atoms with E-state index in [-0.39, 0.29) is 5.41 Å². The number of ether oxygens (including phenoxy) is 1. The molecule has 2 unspecified atom stereocenters. The standard InChI is InChI=1S/C30H37N5O2S2/c1-20(2)38-28(26-13-17-32-29(34-26)33-22-8-7-16-31-18-22)21(3)37-27-12-11-25(23-9-5-6-10-24(23)27)35-39(36)19-30(4)14-15-30/h5-6,9-13,17,22,31,35H,1,7-8,14-16,18-19H2,2-4H3,(H,32,33,34)/b28-21+. The molecule has 39 heavy (non-hydrogen) atoms. The van der Waals surface area contributed by atoms with Gasteiger partial charge in [-0.05, 0) is 74.6 Å². The van der Waals surface area contributed by atoms with Crippen LogP contribution in [0.25, 0.3) is 15.7 Å². The molecule has 2 heterocycles. The molecule has 0 spiro atoms. The maximum Gasteiger partial charge on any atom is 0.223 e. The Morgan fingerprint density at radius 2 is 2.00 bits per heavy atom. The zero-order valence-corrected chi connectivity index (χ0v) is 24.5. The minimum atomic E-state index is -1.13. The molecule has 2 aromatic carbocycles. The van der Waals surface area contributed by atoms with Crippen molar-refractivity contribution in [3.05, 3.63) is 71.6 Å². The van der Waals surface area contributed by atoms with Crippen molar-refractivity contribution in [1.82, 2.24) is 15.3 Å². The Hall–Kier alpha value is -2.88. The van der Waals surface area contributed by atoms with Crippen molar-refractivity contribution >= 4 is 50.1 Å². The second-order valence-corrected chi connectivity index (χ2v) is 13.3. The highest BCUT2D eigenvalue weighted by atomic mass is 32.2. The van der Waals surface area contributed by atoms with Gasteiger partial charge in [0, 0.05) is 35.3 Å². The molecule has 7 nitrogen and oxygen atoms in total. The van der Waals surface area contributed by atoms with Crippen molar-refractivity contribution < 1.29 is 8.95 Å². The maximum atomic E-state index is 12.8. The van der Waals surface area contributed by atoms with Crippen molar-refractivity contribution in [2.45, 2.75) is 52.5 Å². The number of anilines is 2. The van der Waals surface area contributed by atoms with Gasteiger partial charge in [-0.3, -0.25) is 0 Å². The molecule has 9 heteroatoms. The Morgan fingerprint density at radius 1 is 1.21 bits per heavy atom. The SMILES string of the molecule is C=C(C)S/C(=C(\C)Oc1ccc(NS(=O)CC2(C)CC2)c2ccccc12)c1ccnc(NC2CCCNC2)n1. The van der Waals surface area contributed by atoms with E-state index in [1.54, 1.807) is 18.0 Å². The summed E-state index contributed by atoms with van der Waals surface area (Å²) in [6, 6.07) is 14.2. The Kier molecular flexibility index (Phi) is 8.59. The Morgan fingerprint density at radius 3 is 2.72 bits per heavy atom. The molecule has 2 aliphatic rings. The van der Waals surface area contributed by atoms with Gasteiger partial charge in [0.15, 0.2) is 0 Å². The van der Waals surface area contributed by atoms with Crippen LogP contribution in [0.15, 0.2) is 65.9 Å². The third kappa shape index (κ3) is 7.21. The van der Waals surface area contributed by atoms with Crippen molar-refractivity contribution in [3.8, 4) is 5.75 Å².